The number of aliphatic carboxylic acids is 1. The number of rotatable bonds is 8. The molecule has 0 spiro atoms. The first kappa shape index (κ1) is 27.5. The van der Waals surface area contributed by atoms with Crippen molar-refractivity contribution in [3.8, 4) is 11.3 Å². The first-order valence-corrected chi connectivity index (χ1v) is 15.2. The first-order valence-electron chi connectivity index (χ1n) is 15.2. The Morgan fingerprint density at radius 1 is 1.07 bits per heavy atom. The number of carboxylic acid groups (broad SMARTS) is 1. The van der Waals surface area contributed by atoms with Crippen molar-refractivity contribution in [3.63, 3.8) is 0 Å². The van der Waals surface area contributed by atoms with E-state index in [4.69, 9.17) is 16.9 Å². The molecule has 43 heavy (non-hydrogen) atoms. The first-order chi connectivity index (χ1) is 20.8. The molecule has 2 fully saturated rings. The Morgan fingerprint density at radius 3 is 2.53 bits per heavy atom. The fourth-order valence-electron chi connectivity index (χ4n) is 7.31. The van der Waals surface area contributed by atoms with Crippen LogP contribution in [-0.4, -0.2) is 38.3 Å². The van der Waals surface area contributed by atoms with Crippen LogP contribution in [0.15, 0.2) is 65.0 Å². The van der Waals surface area contributed by atoms with Crippen molar-refractivity contribution >= 4 is 47.1 Å². The third kappa shape index (κ3) is 4.55. The summed E-state index contributed by atoms with van der Waals surface area (Å²) in [6, 6.07) is 14.5. The van der Waals surface area contributed by atoms with Gasteiger partial charge in [0.1, 0.15) is 0 Å². The Kier molecular flexibility index (Phi) is 6.68. The molecule has 2 aromatic carbocycles. The van der Waals surface area contributed by atoms with Crippen LogP contribution >= 0.6 is 0 Å². The predicted molar refractivity (Wildman–Crippen MR) is 172 cm³/mol. The van der Waals surface area contributed by atoms with E-state index in [0.717, 1.165) is 52.8 Å². The van der Waals surface area contributed by atoms with E-state index in [2.05, 4.69) is 45.8 Å². The molecule has 5 aromatic rings. The maximum absolute atomic E-state index is 11.3. The molecule has 1 radical (unpaired) electrons. The molecule has 0 aliphatic heterocycles. The van der Waals surface area contributed by atoms with Crippen LogP contribution in [-0.2, 0) is 24.4 Å². The number of nitrogens with zero attached hydrogens (tertiary/aromatic N) is 3. The minimum atomic E-state index is -0.921. The van der Waals surface area contributed by atoms with Gasteiger partial charge in [-0.3, -0.25) is 0 Å². The van der Waals surface area contributed by atoms with Gasteiger partial charge in [0, 0.05) is 0 Å². The van der Waals surface area contributed by atoms with Crippen molar-refractivity contribution in [1.82, 2.24) is 19.4 Å². The van der Waals surface area contributed by atoms with E-state index in [1.165, 1.54) is 47.8 Å². The number of benzene rings is 2. The van der Waals surface area contributed by atoms with Crippen LogP contribution in [0.3, 0.4) is 0 Å². The summed E-state index contributed by atoms with van der Waals surface area (Å²) in [5.74, 6) is 0.577. The van der Waals surface area contributed by atoms with Gasteiger partial charge < -0.3 is 0 Å². The molecule has 0 atom stereocenters. The van der Waals surface area contributed by atoms with Crippen LogP contribution < -0.4 is 5.32 Å². The average Bonchev–Trinajstić information content (AvgIpc) is 3.78. The number of aryl methyl sites for hydroxylation is 2. The van der Waals surface area contributed by atoms with Crippen LogP contribution in [0.25, 0.3) is 39.3 Å². The Hall–Kier alpha value is -4.33. The Labute approximate surface area is 252 Å². The molecule has 7 nitrogen and oxygen atoms in total. The summed E-state index contributed by atoms with van der Waals surface area (Å²) in [7, 11) is 11.0. The monoisotopic (exact) mass is 571 g/mol. The fraction of sp³-hybridized carbons (Fsp3) is 0.343. The van der Waals surface area contributed by atoms with Crippen molar-refractivity contribution in [2.45, 2.75) is 63.3 Å². The zero-order valence-corrected chi connectivity index (χ0v) is 25.0. The van der Waals surface area contributed by atoms with E-state index < -0.39 is 5.97 Å². The number of fused-ring (bicyclic) bond motifs is 2. The second kappa shape index (κ2) is 10.4. The van der Waals surface area contributed by atoms with E-state index in [-0.39, 0.29) is 5.54 Å². The van der Waals surface area contributed by atoms with E-state index in [1.54, 1.807) is 19.3 Å². The van der Waals surface area contributed by atoms with Crippen molar-refractivity contribution in [2.24, 2.45) is 14.1 Å². The molecule has 0 bridgehead atoms. The summed E-state index contributed by atoms with van der Waals surface area (Å²) in [6.07, 6.45) is 13.2. The van der Waals surface area contributed by atoms with Gasteiger partial charge in [-0.05, 0) is 0 Å². The number of hydrogen-bond acceptors (Lipinski definition) is 4. The zero-order chi connectivity index (χ0) is 29.9. The van der Waals surface area contributed by atoms with Gasteiger partial charge in [0.2, 0.25) is 0 Å². The Morgan fingerprint density at radius 2 is 1.86 bits per heavy atom. The number of furan rings is 1. The molecular formula is C35H36BN4O3. The summed E-state index contributed by atoms with van der Waals surface area (Å²) in [5, 5.41) is 14.3. The molecule has 0 amide bonds. The molecular weight excluding hydrogens is 535 g/mol. The van der Waals surface area contributed by atoms with Crippen LogP contribution in [0, 0.1) is 0 Å². The van der Waals surface area contributed by atoms with Crippen molar-refractivity contribution in [3.05, 3.63) is 83.1 Å². The van der Waals surface area contributed by atoms with Crippen molar-refractivity contribution in [1.29, 1.82) is 0 Å². The SMILES string of the molecule is [B]=C(NC1(c2nc3ccc(/C=C(\C)C(=O)O)cc3n2C)CCC1)c1ccc2c(C3CCCC3)c(-c3ccoc3)n(C)c2c1. The van der Waals surface area contributed by atoms with Gasteiger partial charge in [-0.25, -0.2) is 0 Å². The number of nitrogens with one attached hydrogen (secondary N) is 1. The summed E-state index contributed by atoms with van der Waals surface area (Å²) in [4.78, 5) is 16.4. The average molecular weight is 572 g/mol. The number of aromatic nitrogens is 3. The number of hydrogen-bond donors (Lipinski definition) is 2. The Balaban J connectivity index is 1.24. The molecule has 3 heterocycles. The molecule has 0 saturated heterocycles. The van der Waals surface area contributed by atoms with Gasteiger partial charge in [0.15, 0.2) is 0 Å². The van der Waals surface area contributed by atoms with Crippen molar-refractivity contribution < 1.29 is 14.3 Å². The summed E-state index contributed by atoms with van der Waals surface area (Å²) >= 11 is 0. The normalized spacial score (nSPS) is 17.0. The fourth-order valence-corrected chi connectivity index (χ4v) is 7.31. The second-order valence-electron chi connectivity index (χ2n) is 12.4. The molecule has 2 aliphatic carbocycles. The standard InChI is InChI=1S/C35H36BN4O3/c1-21(33(41)42)17-22-9-12-27-29(18-22)40(3)34(37-27)35(14-6-15-35)38-32(36)24-10-11-26-28(19-24)39(2)31(25-13-16-43-20-25)30(26)23-7-4-5-8-23/h9-13,16-20,23,38H,4-8,14-15H2,1-3H3,(H,41,42)/b21-17+. The molecule has 3 aromatic heterocycles. The molecule has 2 N–H and O–H groups in total. The third-order valence-corrected chi connectivity index (χ3v) is 9.74. The predicted octanol–water partition coefficient (Wildman–Crippen LogP) is 6.79. The number of carbonyl (C=O) groups is 1. The molecule has 217 valence electrons. The molecule has 8 heteroatoms. The topological polar surface area (TPSA) is 85.2 Å². The molecule has 0 unspecified atom stereocenters. The number of imidazole rings is 1. The van der Waals surface area contributed by atoms with Gasteiger partial charge >= 0.3 is 253 Å². The molecule has 2 saturated carbocycles. The van der Waals surface area contributed by atoms with Gasteiger partial charge in [-0.15, -0.1) is 0 Å². The molecule has 7 rings (SSSR count). The quantitative estimate of drug-likeness (QED) is 0.158. The van der Waals surface area contributed by atoms with Crippen LogP contribution in [0.2, 0.25) is 0 Å². The van der Waals surface area contributed by atoms with Crippen LogP contribution in [0.4, 0.5) is 0 Å². The van der Waals surface area contributed by atoms with Crippen LogP contribution in [0.1, 0.15) is 80.3 Å². The maximum atomic E-state index is 11.3. The third-order valence-electron chi connectivity index (χ3n) is 9.74. The van der Waals surface area contributed by atoms with Gasteiger partial charge in [-0.1, -0.05) is 0 Å². The minimum absolute atomic E-state index is 0.295. The van der Waals surface area contributed by atoms with Gasteiger partial charge in [0.25, 0.3) is 0 Å². The summed E-state index contributed by atoms with van der Waals surface area (Å²) in [6.45, 7) is 1.60. The molecule has 2 aliphatic rings. The second-order valence-corrected chi connectivity index (χ2v) is 12.4. The van der Waals surface area contributed by atoms with Gasteiger partial charge in [0.05, 0.1) is 0 Å². The Bertz CT molecular complexity index is 1920. The van der Waals surface area contributed by atoms with Gasteiger partial charge in [-0.2, -0.15) is 0 Å². The zero-order valence-electron chi connectivity index (χ0n) is 25.0. The van der Waals surface area contributed by atoms with Crippen LogP contribution in [0.5, 0.6) is 0 Å². The number of carboxylic acids is 1. The summed E-state index contributed by atoms with van der Waals surface area (Å²) in [5.41, 5.74) is 9.16. The van der Waals surface area contributed by atoms with Crippen molar-refractivity contribution in [2.75, 3.05) is 0 Å². The van der Waals surface area contributed by atoms with E-state index in [1.807, 2.05) is 31.5 Å². The van der Waals surface area contributed by atoms with E-state index in [9.17, 15) is 9.90 Å². The summed E-state index contributed by atoms with van der Waals surface area (Å²) < 4.78 is 9.92. The van der Waals surface area contributed by atoms with E-state index >= 15 is 0 Å². The van der Waals surface area contributed by atoms with E-state index in [0.29, 0.717) is 17.1 Å².